The van der Waals surface area contributed by atoms with Crippen LogP contribution in [0.1, 0.15) is 19.0 Å². The van der Waals surface area contributed by atoms with Crippen LogP contribution in [0, 0.1) is 0 Å². The number of hydrogen-bond donors (Lipinski definition) is 2. The van der Waals surface area contributed by atoms with E-state index in [1.165, 1.54) is 0 Å². The molecule has 0 unspecified atom stereocenters. The number of carbonyl (C=O) groups excluding carboxylic acids is 1. The summed E-state index contributed by atoms with van der Waals surface area (Å²) in [6.07, 6.45) is 2.51. The molecule has 0 radical (unpaired) electrons. The second-order valence-electron chi connectivity index (χ2n) is 3.49. The van der Waals surface area contributed by atoms with E-state index in [2.05, 4.69) is 10.6 Å². The molecule has 1 amide bonds. The maximum Gasteiger partial charge on any atom is 0.221 e. The van der Waals surface area contributed by atoms with Gasteiger partial charge in [-0.2, -0.15) is 0 Å². The summed E-state index contributed by atoms with van der Waals surface area (Å²) < 4.78 is 2.00. The molecule has 0 aromatic carbocycles. The number of aromatic nitrogens is 1. The molecule has 1 rings (SSSR count). The number of hydrogen-bond acceptors (Lipinski definition) is 2. The van der Waals surface area contributed by atoms with Gasteiger partial charge in [-0.1, -0.05) is 6.92 Å². The molecule has 4 nitrogen and oxygen atoms in total. The van der Waals surface area contributed by atoms with Crippen molar-refractivity contribution in [2.45, 2.75) is 19.9 Å². The monoisotopic (exact) mass is 209 g/mol. The van der Waals surface area contributed by atoms with Gasteiger partial charge in [-0.25, -0.2) is 0 Å². The van der Waals surface area contributed by atoms with Crippen LogP contribution >= 0.6 is 0 Å². The van der Waals surface area contributed by atoms with Gasteiger partial charge in [0, 0.05) is 31.9 Å². The van der Waals surface area contributed by atoms with Gasteiger partial charge in [0.15, 0.2) is 0 Å². The molecular weight excluding hydrogens is 190 g/mol. The van der Waals surface area contributed by atoms with Crippen molar-refractivity contribution in [2.75, 3.05) is 13.1 Å². The van der Waals surface area contributed by atoms with Crippen LogP contribution in [0.2, 0.25) is 0 Å². The molecule has 1 aromatic rings. The van der Waals surface area contributed by atoms with Crippen LogP contribution in [0.3, 0.4) is 0 Å². The Labute approximate surface area is 90.7 Å². The van der Waals surface area contributed by atoms with Crippen molar-refractivity contribution in [3.63, 3.8) is 0 Å². The number of carbonyl (C=O) groups is 1. The third-order valence-corrected chi connectivity index (χ3v) is 2.30. The lowest BCUT2D eigenvalue weighted by molar-refractivity contribution is -0.121. The van der Waals surface area contributed by atoms with E-state index in [1.807, 2.05) is 36.9 Å². The van der Waals surface area contributed by atoms with Gasteiger partial charge < -0.3 is 15.2 Å². The number of rotatable bonds is 6. The topological polar surface area (TPSA) is 46.1 Å². The van der Waals surface area contributed by atoms with E-state index in [0.29, 0.717) is 13.0 Å². The van der Waals surface area contributed by atoms with Gasteiger partial charge in [-0.15, -0.1) is 0 Å². The molecule has 15 heavy (non-hydrogen) atoms. The van der Waals surface area contributed by atoms with Crippen molar-refractivity contribution in [1.82, 2.24) is 15.2 Å². The zero-order valence-electron chi connectivity index (χ0n) is 9.42. The van der Waals surface area contributed by atoms with Gasteiger partial charge in [0.05, 0.1) is 6.54 Å². The minimum Gasteiger partial charge on any atom is -0.353 e. The van der Waals surface area contributed by atoms with E-state index in [-0.39, 0.29) is 5.91 Å². The molecule has 0 aliphatic rings. The van der Waals surface area contributed by atoms with Crippen LogP contribution in [-0.4, -0.2) is 23.6 Å². The highest BCUT2D eigenvalue weighted by Gasteiger charge is 2.01. The zero-order chi connectivity index (χ0) is 11.1. The van der Waals surface area contributed by atoms with Crippen molar-refractivity contribution >= 4 is 5.91 Å². The quantitative estimate of drug-likeness (QED) is 0.675. The summed E-state index contributed by atoms with van der Waals surface area (Å²) in [5.41, 5.74) is 1.12. The third-order valence-electron chi connectivity index (χ3n) is 2.30. The number of nitrogens with one attached hydrogen (secondary N) is 2. The van der Waals surface area contributed by atoms with Crippen molar-refractivity contribution < 1.29 is 4.79 Å². The van der Waals surface area contributed by atoms with Gasteiger partial charge in [-0.3, -0.25) is 4.79 Å². The third kappa shape index (κ3) is 4.16. The molecular formula is C11H19N3O. The van der Waals surface area contributed by atoms with Crippen LogP contribution in [0.25, 0.3) is 0 Å². The van der Waals surface area contributed by atoms with Crippen molar-refractivity contribution in [1.29, 1.82) is 0 Å². The van der Waals surface area contributed by atoms with Crippen LogP contribution in [0.4, 0.5) is 0 Å². The van der Waals surface area contributed by atoms with Crippen LogP contribution in [0.15, 0.2) is 18.3 Å². The first-order chi connectivity index (χ1) is 7.24. The lowest BCUT2D eigenvalue weighted by Crippen LogP contribution is -2.27. The fourth-order valence-electron chi connectivity index (χ4n) is 1.34. The Bertz CT molecular complexity index is 307. The summed E-state index contributed by atoms with van der Waals surface area (Å²) >= 11 is 0. The average molecular weight is 209 g/mol. The van der Waals surface area contributed by atoms with Gasteiger partial charge >= 0.3 is 0 Å². The summed E-state index contributed by atoms with van der Waals surface area (Å²) in [6.45, 7) is 4.29. The first-order valence-electron chi connectivity index (χ1n) is 5.31. The van der Waals surface area contributed by atoms with Crippen LogP contribution in [0.5, 0.6) is 0 Å². The predicted molar refractivity (Wildman–Crippen MR) is 60.4 cm³/mol. The Hall–Kier alpha value is -1.29. The van der Waals surface area contributed by atoms with Gasteiger partial charge in [0.25, 0.3) is 0 Å². The standard InChI is InChI=1S/C11H19N3O/c1-3-12-7-6-11(15)13-9-10-5-4-8-14(10)2/h4-5,8,12H,3,6-7,9H2,1-2H3,(H,13,15). The van der Waals surface area contributed by atoms with Crippen LogP contribution in [-0.2, 0) is 18.4 Å². The Morgan fingerprint density at radius 1 is 1.53 bits per heavy atom. The number of nitrogens with zero attached hydrogens (tertiary/aromatic N) is 1. The minimum absolute atomic E-state index is 0.0946. The van der Waals surface area contributed by atoms with Crippen molar-refractivity contribution in [3.8, 4) is 0 Å². The molecule has 0 aliphatic carbocycles. The largest absolute Gasteiger partial charge is 0.353 e. The van der Waals surface area contributed by atoms with E-state index in [0.717, 1.165) is 18.8 Å². The zero-order valence-corrected chi connectivity index (χ0v) is 9.42. The highest BCUT2D eigenvalue weighted by molar-refractivity contribution is 5.75. The van der Waals surface area contributed by atoms with Gasteiger partial charge in [-0.05, 0) is 18.7 Å². The molecule has 1 aromatic heterocycles. The van der Waals surface area contributed by atoms with Gasteiger partial charge in [0.2, 0.25) is 5.91 Å². The summed E-state index contributed by atoms with van der Waals surface area (Å²) in [7, 11) is 1.97. The molecule has 84 valence electrons. The summed E-state index contributed by atoms with van der Waals surface area (Å²) in [5, 5.41) is 6.00. The lowest BCUT2D eigenvalue weighted by atomic mass is 10.3. The fourth-order valence-corrected chi connectivity index (χ4v) is 1.34. The molecule has 4 heteroatoms. The summed E-state index contributed by atoms with van der Waals surface area (Å²) in [5.74, 6) is 0.0946. The highest BCUT2D eigenvalue weighted by atomic mass is 16.1. The predicted octanol–water partition coefficient (Wildman–Crippen LogP) is 0.641. The van der Waals surface area contributed by atoms with E-state index >= 15 is 0 Å². The van der Waals surface area contributed by atoms with Crippen LogP contribution < -0.4 is 10.6 Å². The van der Waals surface area contributed by atoms with E-state index in [9.17, 15) is 4.79 Å². The van der Waals surface area contributed by atoms with Crippen molar-refractivity contribution in [3.05, 3.63) is 24.0 Å². The molecule has 0 aliphatic heterocycles. The lowest BCUT2D eigenvalue weighted by Gasteiger charge is -2.06. The molecule has 0 bridgehead atoms. The molecule has 0 atom stereocenters. The average Bonchev–Trinajstić information content (AvgIpc) is 2.61. The first kappa shape index (κ1) is 11.8. The van der Waals surface area contributed by atoms with Gasteiger partial charge in [0.1, 0.15) is 0 Å². The summed E-state index contributed by atoms with van der Waals surface area (Å²) in [6, 6.07) is 3.98. The minimum atomic E-state index is 0.0946. The fraction of sp³-hybridized carbons (Fsp3) is 0.545. The Morgan fingerprint density at radius 2 is 2.33 bits per heavy atom. The SMILES string of the molecule is CCNCCC(=O)NCc1cccn1C. The Morgan fingerprint density at radius 3 is 2.93 bits per heavy atom. The molecule has 2 N–H and O–H groups in total. The smallest absolute Gasteiger partial charge is 0.221 e. The molecule has 0 fully saturated rings. The normalized spacial score (nSPS) is 10.3. The molecule has 0 spiro atoms. The van der Waals surface area contributed by atoms with E-state index in [4.69, 9.17) is 0 Å². The summed E-state index contributed by atoms with van der Waals surface area (Å²) in [4.78, 5) is 11.4. The second-order valence-corrected chi connectivity index (χ2v) is 3.49. The maximum atomic E-state index is 11.4. The maximum absolute atomic E-state index is 11.4. The highest BCUT2D eigenvalue weighted by Crippen LogP contribution is 1.98. The van der Waals surface area contributed by atoms with E-state index in [1.54, 1.807) is 0 Å². The molecule has 0 saturated carbocycles. The molecule has 1 heterocycles. The van der Waals surface area contributed by atoms with E-state index < -0.39 is 0 Å². The Kier molecular flexibility index (Phi) is 4.90. The second kappa shape index (κ2) is 6.24. The number of amides is 1. The number of aryl methyl sites for hydroxylation is 1. The van der Waals surface area contributed by atoms with Crippen molar-refractivity contribution in [2.24, 2.45) is 7.05 Å². The first-order valence-corrected chi connectivity index (χ1v) is 5.31. The Balaban J connectivity index is 2.20. The molecule has 0 saturated heterocycles.